The molecule has 1 heterocycles. The van der Waals surface area contributed by atoms with E-state index < -0.39 is 0 Å². The molecule has 5 nitrogen and oxygen atoms in total. The van der Waals surface area contributed by atoms with E-state index in [1.165, 1.54) is 13.3 Å². The fraction of sp³-hybridized carbons (Fsp3) is 0.200. The van der Waals surface area contributed by atoms with E-state index in [1.54, 1.807) is 6.07 Å². The van der Waals surface area contributed by atoms with Gasteiger partial charge < -0.3 is 9.82 Å². The maximum atomic E-state index is 10.5. The van der Waals surface area contributed by atoms with Crippen molar-refractivity contribution in [3.05, 3.63) is 28.2 Å². The minimum atomic E-state index is -0.307. The van der Waals surface area contributed by atoms with Gasteiger partial charge in [0, 0.05) is 12.3 Å². The first-order valence-corrected chi connectivity index (χ1v) is 2.68. The number of H-pyrrole nitrogens is 2. The molecule has 0 aliphatic carbocycles. The van der Waals surface area contributed by atoms with Gasteiger partial charge in [-0.25, -0.2) is 4.79 Å². The molecular weight excluding hydrogens is 134 g/mol. The van der Waals surface area contributed by atoms with Crippen LogP contribution >= 0.6 is 0 Å². The Bertz CT molecular complexity index is 311. The summed E-state index contributed by atoms with van der Waals surface area (Å²) in [6.45, 7) is 0. The van der Waals surface area contributed by atoms with Crippen LogP contribution in [0.5, 0.6) is 0 Å². The third kappa shape index (κ3) is 1.48. The zero-order chi connectivity index (χ0) is 7.40. The lowest BCUT2D eigenvalue weighted by Gasteiger charge is -1.85. The second kappa shape index (κ2) is 2.86. The Kier molecular flexibility index (Phi) is 1.89. The van der Waals surface area contributed by atoms with Crippen molar-refractivity contribution in [2.45, 2.75) is 0 Å². The normalized spacial score (nSPS) is 11.5. The molecule has 1 aromatic rings. The second-order valence-corrected chi connectivity index (χ2v) is 1.59. The molecule has 0 atom stereocenters. The highest BCUT2D eigenvalue weighted by molar-refractivity contribution is 4.76. The molecule has 0 spiro atoms. The van der Waals surface area contributed by atoms with Gasteiger partial charge in [0.25, 0.3) is 0 Å². The molecule has 0 aliphatic heterocycles. The van der Waals surface area contributed by atoms with Crippen molar-refractivity contribution in [2.75, 3.05) is 7.11 Å². The quantitative estimate of drug-likeness (QED) is 0.501. The maximum absolute atomic E-state index is 10.5. The summed E-state index contributed by atoms with van der Waals surface area (Å²) in [6.07, 6.45) is 1.48. The van der Waals surface area contributed by atoms with Crippen molar-refractivity contribution in [3.8, 4) is 0 Å². The number of hydrogen-bond donors (Lipinski definition) is 2. The van der Waals surface area contributed by atoms with Crippen LogP contribution in [0.1, 0.15) is 0 Å². The number of rotatable bonds is 1. The Morgan fingerprint density at radius 2 is 2.50 bits per heavy atom. The van der Waals surface area contributed by atoms with Crippen molar-refractivity contribution in [2.24, 2.45) is 5.16 Å². The second-order valence-electron chi connectivity index (χ2n) is 1.59. The topological polar surface area (TPSA) is 70.2 Å². The lowest BCUT2D eigenvalue weighted by molar-refractivity contribution is 0.198. The molecule has 10 heavy (non-hydrogen) atoms. The molecule has 0 saturated heterocycles. The highest BCUT2D eigenvalue weighted by Gasteiger charge is 1.79. The summed E-state index contributed by atoms with van der Waals surface area (Å²) in [6, 6.07) is 1.59. The zero-order valence-corrected chi connectivity index (χ0v) is 5.42. The van der Waals surface area contributed by atoms with Crippen molar-refractivity contribution in [1.29, 1.82) is 0 Å². The van der Waals surface area contributed by atoms with Crippen LogP contribution < -0.4 is 11.2 Å². The Balaban J connectivity index is 3.20. The molecule has 0 fully saturated rings. The standard InChI is InChI=1S/C5H7N3O2/c1-10-8-4-2-3-6-5(9)7-4/h2-3H,1H3,(H2,6,7,8,9). The largest absolute Gasteiger partial charge is 0.397 e. The van der Waals surface area contributed by atoms with E-state index >= 15 is 0 Å². The molecule has 0 bridgehead atoms. The van der Waals surface area contributed by atoms with Gasteiger partial charge >= 0.3 is 5.69 Å². The average molecular weight is 141 g/mol. The zero-order valence-electron chi connectivity index (χ0n) is 5.42. The lowest BCUT2D eigenvalue weighted by Crippen LogP contribution is -2.21. The highest BCUT2D eigenvalue weighted by Crippen LogP contribution is 1.61. The van der Waals surface area contributed by atoms with Crippen molar-refractivity contribution >= 4 is 0 Å². The van der Waals surface area contributed by atoms with E-state index in [9.17, 15) is 4.79 Å². The van der Waals surface area contributed by atoms with E-state index in [0.717, 1.165) is 0 Å². The Morgan fingerprint density at radius 3 is 3.10 bits per heavy atom. The molecule has 0 amide bonds. The van der Waals surface area contributed by atoms with Gasteiger partial charge in [-0.05, 0) is 0 Å². The number of aromatic nitrogens is 2. The van der Waals surface area contributed by atoms with Gasteiger partial charge in [-0.3, -0.25) is 4.98 Å². The van der Waals surface area contributed by atoms with Crippen LogP contribution in [0.4, 0.5) is 0 Å². The molecule has 0 aliphatic rings. The molecule has 1 rings (SSSR count). The first-order chi connectivity index (χ1) is 4.83. The third-order valence-electron chi connectivity index (χ3n) is 0.887. The molecule has 0 unspecified atom stereocenters. The predicted octanol–water partition coefficient (Wildman–Crippen LogP) is -0.835. The van der Waals surface area contributed by atoms with Gasteiger partial charge in [-0.2, -0.15) is 0 Å². The molecule has 0 radical (unpaired) electrons. The van der Waals surface area contributed by atoms with Crippen LogP contribution in [-0.2, 0) is 4.84 Å². The van der Waals surface area contributed by atoms with Gasteiger partial charge in [0.05, 0.1) is 0 Å². The Morgan fingerprint density at radius 1 is 1.70 bits per heavy atom. The third-order valence-corrected chi connectivity index (χ3v) is 0.887. The fourth-order valence-electron chi connectivity index (χ4n) is 0.542. The van der Waals surface area contributed by atoms with Gasteiger partial charge in [-0.1, -0.05) is 5.16 Å². The molecule has 54 valence electrons. The number of nitrogens with one attached hydrogen (secondary N) is 2. The molecular formula is C5H7N3O2. The highest BCUT2D eigenvalue weighted by atomic mass is 16.6. The number of aromatic amines is 2. The molecule has 1 aromatic heterocycles. The number of nitrogens with zero attached hydrogens (tertiary/aromatic N) is 1. The fourth-order valence-corrected chi connectivity index (χ4v) is 0.542. The van der Waals surface area contributed by atoms with Gasteiger partial charge in [0.15, 0.2) is 5.49 Å². The van der Waals surface area contributed by atoms with Gasteiger partial charge in [0.2, 0.25) is 0 Å². The molecule has 0 aromatic carbocycles. The summed E-state index contributed by atoms with van der Waals surface area (Å²) in [7, 11) is 1.41. The minimum absolute atomic E-state index is 0.307. The number of hydrogen-bond acceptors (Lipinski definition) is 3. The van der Waals surface area contributed by atoms with Gasteiger partial charge in [0.1, 0.15) is 7.11 Å². The van der Waals surface area contributed by atoms with E-state index in [-0.39, 0.29) is 5.69 Å². The SMILES string of the molecule is CO/N=c1\cc[nH]c(=O)[nH]1. The lowest BCUT2D eigenvalue weighted by atomic mass is 10.7. The van der Waals surface area contributed by atoms with Crippen molar-refractivity contribution < 1.29 is 4.84 Å². The molecule has 5 heteroatoms. The van der Waals surface area contributed by atoms with Crippen molar-refractivity contribution in [3.63, 3.8) is 0 Å². The summed E-state index contributed by atoms with van der Waals surface area (Å²) in [5, 5.41) is 3.49. The maximum Gasteiger partial charge on any atom is 0.324 e. The summed E-state index contributed by atoms with van der Waals surface area (Å²) in [5.74, 6) is 0. The van der Waals surface area contributed by atoms with E-state index in [1.807, 2.05) is 0 Å². The van der Waals surface area contributed by atoms with Crippen LogP contribution in [0.25, 0.3) is 0 Å². The molecule has 2 N–H and O–H groups in total. The summed E-state index contributed by atoms with van der Waals surface area (Å²) >= 11 is 0. The van der Waals surface area contributed by atoms with Crippen LogP contribution in [-0.4, -0.2) is 17.1 Å². The Labute approximate surface area is 56.4 Å². The first kappa shape index (κ1) is 6.60. The molecule has 0 saturated carbocycles. The summed E-state index contributed by atoms with van der Waals surface area (Å²) in [5.41, 5.74) is 0.0875. The van der Waals surface area contributed by atoms with Crippen LogP contribution in [0.2, 0.25) is 0 Å². The van der Waals surface area contributed by atoms with E-state index in [2.05, 4.69) is 20.0 Å². The average Bonchev–Trinajstić information content (AvgIpc) is 1.88. The van der Waals surface area contributed by atoms with E-state index in [0.29, 0.717) is 5.49 Å². The predicted molar refractivity (Wildman–Crippen MR) is 34.0 cm³/mol. The van der Waals surface area contributed by atoms with Crippen LogP contribution in [0, 0.1) is 0 Å². The summed E-state index contributed by atoms with van der Waals surface area (Å²) < 4.78 is 0. The van der Waals surface area contributed by atoms with Crippen LogP contribution in [0.3, 0.4) is 0 Å². The van der Waals surface area contributed by atoms with Crippen molar-refractivity contribution in [1.82, 2.24) is 9.97 Å². The Hall–Kier alpha value is -1.52. The monoisotopic (exact) mass is 141 g/mol. The minimum Gasteiger partial charge on any atom is -0.397 e. The first-order valence-electron chi connectivity index (χ1n) is 2.68. The van der Waals surface area contributed by atoms with Gasteiger partial charge in [-0.15, -0.1) is 0 Å². The van der Waals surface area contributed by atoms with Crippen LogP contribution in [0.15, 0.2) is 22.2 Å². The smallest absolute Gasteiger partial charge is 0.324 e. The summed E-state index contributed by atoms with van der Waals surface area (Å²) in [4.78, 5) is 19.8. The van der Waals surface area contributed by atoms with E-state index in [4.69, 9.17) is 0 Å².